The van der Waals surface area contributed by atoms with Crippen molar-refractivity contribution in [3.05, 3.63) is 71.3 Å². The minimum Gasteiger partial charge on any atom is -0.445 e. The Labute approximate surface area is 136 Å². The van der Waals surface area contributed by atoms with Gasteiger partial charge in [-0.3, -0.25) is 0 Å². The number of alkyl halides is 3. The first-order chi connectivity index (χ1) is 11.4. The van der Waals surface area contributed by atoms with Crippen LogP contribution in [0.3, 0.4) is 0 Å². The summed E-state index contributed by atoms with van der Waals surface area (Å²) in [6.45, 7) is -0.413. The van der Waals surface area contributed by atoms with Gasteiger partial charge < -0.3 is 15.2 Å². The number of halogens is 3. The first-order valence-corrected chi connectivity index (χ1v) is 7.15. The Bertz CT molecular complexity index is 657. The molecule has 2 aromatic rings. The third-order valence-electron chi connectivity index (χ3n) is 3.33. The van der Waals surface area contributed by atoms with Crippen LogP contribution in [0.2, 0.25) is 0 Å². The molecule has 2 aromatic carbocycles. The third-order valence-corrected chi connectivity index (χ3v) is 3.33. The largest absolute Gasteiger partial charge is 0.445 e. The monoisotopic (exact) mass is 339 g/mol. The summed E-state index contributed by atoms with van der Waals surface area (Å²) in [5.41, 5.74) is 0.347. The summed E-state index contributed by atoms with van der Waals surface area (Å²) in [6.07, 6.45) is -5.20. The van der Waals surface area contributed by atoms with Crippen LogP contribution in [0.15, 0.2) is 54.6 Å². The van der Waals surface area contributed by atoms with Crippen LogP contribution >= 0.6 is 0 Å². The number of carbonyl (C=O) groups excluding carboxylic acids is 1. The molecule has 0 aromatic heterocycles. The molecule has 2 N–H and O–H groups in total. The zero-order valence-electron chi connectivity index (χ0n) is 12.6. The zero-order chi connectivity index (χ0) is 17.6. The Morgan fingerprint density at radius 1 is 1.08 bits per heavy atom. The number of carbonyl (C=O) groups is 1. The predicted octanol–water partition coefficient (Wildman–Crippen LogP) is 3.67. The van der Waals surface area contributed by atoms with Crippen LogP contribution in [0.5, 0.6) is 0 Å². The van der Waals surface area contributed by atoms with E-state index in [1.165, 1.54) is 12.1 Å². The normalized spacial score (nSPS) is 12.5. The van der Waals surface area contributed by atoms with E-state index < -0.39 is 30.5 Å². The number of nitrogens with one attached hydrogen (secondary N) is 1. The van der Waals surface area contributed by atoms with E-state index in [0.29, 0.717) is 5.56 Å². The zero-order valence-corrected chi connectivity index (χ0v) is 12.6. The van der Waals surface area contributed by atoms with Gasteiger partial charge >= 0.3 is 12.3 Å². The van der Waals surface area contributed by atoms with Crippen molar-refractivity contribution in [1.82, 2.24) is 5.32 Å². The minimum absolute atomic E-state index is 0.0534. The fourth-order valence-electron chi connectivity index (χ4n) is 2.05. The van der Waals surface area contributed by atoms with Gasteiger partial charge in [0.05, 0.1) is 18.2 Å². The first kappa shape index (κ1) is 17.8. The molecule has 0 radical (unpaired) electrons. The summed E-state index contributed by atoms with van der Waals surface area (Å²) in [4.78, 5) is 11.8. The van der Waals surface area contributed by atoms with E-state index in [-0.39, 0.29) is 6.61 Å². The lowest BCUT2D eigenvalue weighted by atomic mass is 10.1. The lowest BCUT2D eigenvalue weighted by molar-refractivity contribution is -0.137. The fourth-order valence-corrected chi connectivity index (χ4v) is 2.05. The number of alkyl carbamates (subject to hydrolysis) is 1. The highest BCUT2D eigenvalue weighted by atomic mass is 19.4. The molecule has 0 aliphatic rings. The molecule has 1 atom stereocenters. The Morgan fingerprint density at radius 3 is 2.25 bits per heavy atom. The average Bonchev–Trinajstić information content (AvgIpc) is 2.58. The van der Waals surface area contributed by atoms with E-state index in [1.807, 2.05) is 6.07 Å². The van der Waals surface area contributed by atoms with E-state index in [0.717, 1.165) is 17.7 Å². The van der Waals surface area contributed by atoms with Crippen LogP contribution in [0.4, 0.5) is 18.0 Å². The highest BCUT2D eigenvalue weighted by Crippen LogP contribution is 2.29. The van der Waals surface area contributed by atoms with Crippen LogP contribution in [0.1, 0.15) is 22.7 Å². The average molecular weight is 339 g/mol. The summed E-state index contributed by atoms with van der Waals surface area (Å²) in [5.74, 6) is 0. The third kappa shape index (κ3) is 4.99. The molecule has 0 unspecified atom stereocenters. The van der Waals surface area contributed by atoms with E-state index in [1.54, 1.807) is 24.3 Å². The summed E-state index contributed by atoms with van der Waals surface area (Å²) >= 11 is 0. The van der Waals surface area contributed by atoms with Crippen LogP contribution < -0.4 is 5.32 Å². The lowest BCUT2D eigenvalue weighted by Crippen LogP contribution is -2.31. The van der Waals surface area contributed by atoms with Gasteiger partial charge in [-0.25, -0.2) is 4.79 Å². The number of rotatable bonds is 5. The van der Waals surface area contributed by atoms with Gasteiger partial charge in [-0.05, 0) is 23.3 Å². The van der Waals surface area contributed by atoms with Crippen molar-refractivity contribution in [2.45, 2.75) is 18.8 Å². The van der Waals surface area contributed by atoms with E-state index in [2.05, 4.69) is 5.32 Å². The fraction of sp³-hybridized carbons (Fsp3) is 0.235. The second-order valence-electron chi connectivity index (χ2n) is 5.06. The van der Waals surface area contributed by atoms with Crippen LogP contribution in [-0.2, 0) is 17.5 Å². The Hall–Kier alpha value is -2.54. The molecule has 0 aliphatic heterocycles. The molecule has 0 spiro atoms. The summed E-state index contributed by atoms with van der Waals surface area (Å²) in [5, 5.41) is 11.8. The quantitative estimate of drug-likeness (QED) is 0.874. The number of hydrogen-bond acceptors (Lipinski definition) is 3. The highest BCUT2D eigenvalue weighted by Gasteiger charge is 2.30. The molecule has 2 rings (SSSR count). The number of benzene rings is 2. The predicted molar refractivity (Wildman–Crippen MR) is 81.0 cm³/mol. The van der Waals surface area contributed by atoms with Crippen molar-refractivity contribution in [2.75, 3.05) is 6.61 Å². The van der Waals surface area contributed by atoms with E-state index in [9.17, 15) is 23.1 Å². The number of aliphatic hydroxyl groups excluding tert-OH is 1. The Balaban J connectivity index is 1.94. The maximum Gasteiger partial charge on any atom is 0.416 e. The van der Waals surface area contributed by atoms with Crippen LogP contribution in [-0.4, -0.2) is 17.8 Å². The molecule has 7 heteroatoms. The van der Waals surface area contributed by atoms with Crippen molar-refractivity contribution in [1.29, 1.82) is 0 Å². The molecule has 0 saturated heterocycles. The van der Waals surface area contributed by atoms with Crippen molar-refractivity contribution in [3.8, 4) is 0 Å². The number of hydrogen-bond donors (Lipinski definition) is 2. The smallest absolute Gasteiger partial charge is 0.416 e. The van der Waals surface area contributed by atoms with Gasteiger partial charge in [0.25, 0.3) is 0 Å². The van der Waals surface area contributed by atoms with Gasteiger partial charge in [-0.15, -0.1) is 0 Å². The summed E-state index contributed by atoms with van der Waals surface area (Å²) in [6, 6.07) is 12.4. The van der Waals surface area contributed by atoms with Crippen LogP contribution in [0.25, 0.3) is 0 Å². The van der Waals surface area contributed by atoms with Crippen molar-refractivity contribution < 1.29 is 27.8 Å². The Morgan fingerprint density at radius 2 is 1.71 bits per heavy atom. The first-order valence-electron chi connectivity index (χ1n) is 7.15. The summed E-state index contributed by atoms with van der Waals surface area (Å²) < 4.78 is 42.6. The maximum absolute atomic E-state index is 12.5. The number of amides is 1. The molecule has 0 heterocycles. The molecule has 1 amide bonds. The molecule has 0 aliphatic carbocycles. The molecule has 128 valence electrons. The standard InChI is InChI=1S/C17H16F3NO3/c18-17(19,20)14-8-6-13(7-9-14)15(10-22)21-16(23)24-11-12-4-2-1-3-5-12/h1-9,15,22H,10-11H2,(H,21,23)/t15-/m1/s1. The number of ether oxygens (including phenoxy) is 1. The van der Waals surface area contributed by atoms with Gasteiger partial charge in [0.15, 0.2) is 0 Å². The van der Waals surface area contributed by atoms with Crippen molar-refractivity contribution >= 4 is 6.09 Å². The maximum atomic E-state index is 12.5. The van der Waals surface area contributed by atoms with Gasteiger partial charge in [0, 0.05) is 0 Å². The molecule has 0 bridgehead atoms. The topological polar surface area (TPSA) is 58.6 Å². The van der Waals surface area contributed by atoms with Gasteiger partial charge in [0.2, 0.25) is 0 Å². The highest BCUT2D eigenvalue weighted by molar-refractivity contribution is 5.68. The molecule has 24 heavy (non-hydrogen) atoms. The SMILES string of the molecule is O=C(N[C@H](CO)c1ccc(C(F)(F)F)cc1)OCc1ccccc1. The van der Waals surface area contributed by atoms with Gasteiger partial charge in [0.1, 0.15) is 6.61 Å². The molecule has 4 nitrogen and oxygen atoms in total. The molecular weight excluding hydrogens is 323 g/mol. The van der Waals surface area contributed by atoms with Gasteiger partial charge in [-0.2, -0.15) is 13.2 Å². The molecular formula is C17H16F3NO3. The molecule has 0 saturated carbocycles. The van der Waals surface area contributed by atoms with Crippen LogP contribution in [0, 0.1) is 0 Å². The second kappa shape index (κ2) is 7.83. The number of aliphatic hydroxyl groups is 1. The van der Waals surface area contributed by atoms with E-state index >= 15 is 0 Å². The lowest BCUT2D eigenvalue weighted by Gasteiger charge is -2.17. The van der Waals surface area contributed by atoms with Crippen molar-refractivity contribution in [3.63, 3.8) is 0 Å². The second-order valence-corrected chi connectivity index (χ2v) is 5.06. The van der Waals surface area contributed by atoms with E-state index in [4.69, 9.17) is 4.74 Å². The summed E-state index contributed by atoms with van der Waals surface area (Å²) in [7, 11) is 0. The molecule has 0 fully saturated rings. The minimum atomic E-state index is -4.44. The Kier molecular flexibility index (Phi) is 5.81. The van der Waals surface area contributed by atoms with Gasteiger partial charge in [-0.1, -0.05) is 42.5 Å². The van der Waals surface area contributed by atoms with Crippen molar-refractivity contribution in [2.24, 2.45) is 0 Å².